The number of H-pyrrole nitrogens is 1. The highest BCUT2D eigenvalue weighted by atomic mass is 16.3. The molecule has 2 aromatic heterocycles. The Kier molecular flexibility index (Phi) is 4.65. The number of hydrogen-bond acceptors (Lipinski definition) is 4. The van der Waals surface area contributed by atoms with E-state index < -0.39 is 0 Å². The molecular weight excluding hydrogens is 312 g/mol. The topological polar surface area (TPSA) is 58.0 Å². The molecule has 0 saturated carbocycles. The summed E-state index contributed by atoms with van der Waals surface area (Å²) < 4.78 is 5.34. The first-order valence-electron chi connectivity index (χ1n) is 8.97. The van der Waals surface area contributed by atoms with Gasteiger partial charge in [-0.2, -0.15) is 5.10 Å². The molecule has 0 unspecified atom stereocenters. The Morgan fingerprint density at radius 3 is 2.96 bits per heavy atom. The SMILES string of the molecule is Cc1nc(CN2CCC[C@H](c3[nH]ncc3Cc3ccccc3)C2)co1. The second-order valence-corrected chi connectivity index (χ2v) is 6.90. The molecule has 1 N–H and O–H groups in total. The molecule has 1 aliphatic heterocycles. The Balaban J connectivity index is 1.45. The molecule has 1 aliphatic rings. The summed E-state index contributed by atoms with van der Waals surface area (Å²) in [5.41, 5.74) is 4.96. The van der Waals surface area contributed by atoms with Crippen LogP contribution >= 0.6 is 0 Å². The van der Waals surface area contributed by atoms with Gasteiger partial charge >= 0.3 is 0 Å². The number of nitrogens with one attached hydrogen (secondary N) is 1. The number of benzene rings is 1. The molecule has 1 fully saturated rings. The van der Waals surface area contributed by atoms with Crippen LogP contribution in [-0.2, 0) is 13.0 Å². The summed E-state index contributed by atoms with van der Waals surface area (Å²) in [7, 11) is 0. The van der Waals surface area contributed by atoms with Gasteiger partial charge in [0.1, 0.15) is 6.26 Å². The monoisotopic (exact) mass is 336 g/mol. The fourth-order valence-corrected chi connectivity index (χ4v) is 3.78. The summed E-state index contributed by atoms with van der Waals surface area (Å²) in [6, 6.07) is 10.6. The van der Waals surface area contributed by atoms with Crippen LogP contribution < -0.4 is 0 Å². The normalized spacial score (nSPS) is 18.5. The minimum Gasteiger partial charge on any atom is -0.449 e. The van der Waals surface area contributed by atoms with E-state index in [1.807, 2.05) is 13.1 Å². The zero-order chi connectivity index (χ0) is 17.1. The van der Waals surface area contributed by atoms with Gasteiger partial charge in [-0.3, -0.25) is 10.00 Å². The predicted molar refractivity (Wildman–Crippen MR) is 96.3 cm³/mol. The average Bonchev–Trinajstić information content (AvgIpc) is 3.25. The van der Waals surface area contributed by atoms with E-state index in [1.165, 1.54) is 29.7 Å². The second-order valence-electron chi connectivity index (χ2n) is 6.90. The maximum absolute atomic E-state index is 5.34. The van der Waals surface area contributed by atoms with Crippen molar-refractivity contribution in [2.45, 2.75) is 38.6 Å². The molecule has 3 heterocycles. The van der Waals surface area contributed by atoms with Crippen molar-refractivity contribution in [3.05, 3.63) is 71.2 Å². The van der Waals surface area contributed by atoms with Crippen molar-refractivity contribution in [1.29, 1.82) is 0 Å². The Bertz CT molecular complexity index is 808. The van der Waals surface area contributed by atoms with Gasteiger partial charge < -0.3 is 4.42 Å². The van der Waals surface area contributed by atoms with Crippen molar-refractivity contribution in [2.75, 3.05) is 13.1 Å². The smallest absolute Gasteiger partial charge is 0.191 e. The van der Waals surface area contributed by atoms with E-state index in [2.05, 4.69) is 50.4 Å². The van der Waals surface area contributed by atoms with Gasteiger partial charge in [0, 0.05) is 38.0 Å². The highest BCUT2D eigenvalue weighted by molar-refractivity contribution is 5.29. The van der Waals surface area contributed by atoms with Gasteiger partial charge in [-0.15, -0.1) is 0 Å². The number of rotatable bonds is 5. The summed E-state index contributed by atoms with van der Waals surface area (Å²) in [5, 5.41) is 7.61. The Hall–Kier alpha value is -2.40. The summed E-state index contributed by atoms with van der Waals surface area (Å²) in [6.07, 6.45) is 7.10. The molecule has 5 heteroatoms. The first kappa shape index (κ1) is 16.1. The number of likely N-dealkylation sites (tertiary alicyclic amines) is 1. The van der Waals surface area contributed by atoms with Crippen LogP contribution in [0.5, 0.6) is 0 Å². The summed E-state index contributed by atoms with van der Waals surface area (Å²) in [5.74, 6) is 1.24. The maximum Gasteiger partial charge on any atom is 0.191 e. The lowest BCUT2D eigenvalue weighted by Gasteiger charge is -2.32. The van der Waals surface area contributed by atoms with Crippen LogP contribution in [0.15, 0.2) is 47.2 Å². The lowest BCUT2D eigenvalue weighted by molar-refractivity contribution is 0.196. The summed E-state index contributed by atoms with van der Waals surface area (Å²) in [4.78, 5) is 6.91. The first-order chi connectivity index (χ1) is 12.3. The van der Waals surface area contributed by atoms with E-state index in [-0.39, 0.29) is 0 Å². The zero-order valence-electron chi connectivity index (χ0n) is 14.6. The van der Waals surface area contributed by atoms with Gasteiger partial charge in [0.05, 0.1) is 11.9 Å². The van der Waals surface area contributed by atoms with Gasteiger partial charge in [-0.05, 0) is 30.5 Å². The van der Waals surface area contributed by atoms with Crippen LogP contribution in [0.25, 0.3) is 0 Å². The maximum atomic E-state index is 5.34. The summed E-state index contributed by atoms with van der Waals surface area (Å²) >= 11 is 0. The first-order valence-corrected chi connectivity index (χ1v) is 8.97. The van der Waals surface area contributed by atoms with Crippen molar-refractivity contribution in [2.24, 2.45) is 0 Å². The van der Waals surface area contributed by atoms with Crippen LogP contribution in [0, 0.1) is 6.92 Å². The molecule has 0 amide bonds. The Morgan fingerprint density at radius 2 is 2.16 bits per heavy atom. The van der Waals surface area contributed by atoms with Gasteiger partial charge in [0.15, 0.2) is 5.89 Å². The van der Waals surface area contributed by atoms with Crippen molar-refractivity contribution < 1.29 is 4.42 Å². The number of aryl methyl sites for hydroxylation is 1. The molecule has 1 saturated heterocycles. The molecule has 1 aromatic carbocycles. The Labute approximate surface area is 148 Å². The van der Waals surface area contributed by atoms with Crippen LogP contribution in [0.1, 0.15) is 47.2 Å². The highest BCUT2D eigenvalue weighted by Gasteiger charge is 2.25. The minimum atomic E-state index is 0.503. The fraction of sp³-hybridized carbons (Fsp3) is 0.400. The van der Waals surface area contributed by atoms with E-state index in [9.17, 15) is 0 Å². The molecule has 4 rings (SSSR count). The van der Waals surface area contributed by atoms with E-state index in [0.29, 0.717) is 5.92 Å². The van der Waals surface area contributed by atoms with Gasteiger partial charge in [-0.25, -0.2) is 4.98 Å². The molecule has 0 aliphatic carbocycles. The van der Waals surface area contributed by atoms with Crippen LogP contribution in [0.2, 0.25) is 0 Å². The molecule has 3 aromatic rings. The minimum absolute atomic E-state index is 0.503. The van der Waals surface area contributed by atoms with Crippen LogP contribution in [-0.4, -0.2) is 33.2 Å². The van der Waals surface area contributed by atoms with E-state index in [1.54, 1.807) is 6.26 Å². The second kappa shape index (κ2) is 7.23. The number of hydrogen-bond donors (Lipinski definition) is 1. The summed E-state index contributed by atoms with van der Waals surface area (Å²) in [6.45, 7) is 4.90. The lowest BCUT2D eigenvalue weighted by Crippen LogP contribution is -2.34. The van der Waals surface area contributed by atoms with E-state index in [4.69, 9.17) is 4.42 Å². The van der Waals surface area contributed by atoms with Crippen LogP contribution in [0.3, 0.4) is 0 Å². The molecule has 0 bridgehead atoms. The molecule has 5 nitrogen and oxygen atoms in total. The van der Waals surface area contributed by atoms with Crippen molar-refractivity contribution in [1.82, 2.24) is 20.1 Å². The number of piperidine rings is 1. The van der Waals surface area contributed by atoms with Crippen molar-refractivity contribution in [3.63, 3.8) is 0 Å². The van der Waals surface area contributed by atoms with Crippen LogP contribution in [0.4, 0.5) is 0 Å². The van der Waals surface area contributed by atoms with Crippen molar-refractivity contribution in [3.8, 4) is 0 Å². The third kappa shape index (κ3) is 3.82. The van der Waals surface area contributed by atoms with Gasteiger partial charge in [0.2, 0.25) is 0 Å². The Morgan fingerprint density at radius 1 is 1.28 bits per heavy atom. The molecule has 0 radical (unpaired) electrons. The average molecular weight is 336 g/mol. The fourth-order valence-electron chi connectivity index (χ4n) is 3.78. The number of oxazole rings is 1. The predicted octanol–water partition coefficient (Wildman–Crippen LogP) is 3.68. The molecule has 25 heavy (non-hydrogen) atoms. The molecule has 1 atom stereocenters. The largest absolute Gasteiger partial charge is 0.449 e. The van der Waals surface area contributed by atoms with Crippen molar-refractivity contribution >= 4 is 0 Å². The third-order valence-corrected chi connectivity index (χ3v) is 4.95. The number of aromatic amines is 1. The van der Waals surface area contributed by atoms with Gasteiger partial charge in [0.25, 0.3) is 0 Å². The molecule has 130 valence electrons. The highest BCUT2D eigenvalue weighted by Crippen LogP contribution is 2.29. The molecule has 0 spiro atoms. The van der Waals surface area contributed by atoms with E-state index in [0.717, 1.165) is 37.6 Å². The standard InChI is InChI=1S/C20H24N4O/c1-15-22-19(14-25-15)13-24-9-5-8-17(12-24)20-18(11-21-23-20)10-16-6-3-2-4-7-16/h2-4,6-7,11,14,17H,5,8-10,12-13H2,1H3,(H,21,23)/t17-/m0/s1. The number of nitrogens with zero attached hydrogens (tertiary/aromatic N) is 3. The van der Waals surface area contributed by atoms with E-state index >= 15 is 0 Å². The van der Waals surface area contributed by atoms with Gasteiger partial charge in [-0.1, -0.05) is 30.3 Å². The lowest BCUT2D eigenvalue weighted by atomic mass is 9.91. The number of aromatic nitrogens is 3. The quantitative estimate of drug-likeness (QED) is 0.772. The molecular formula is C20H24N4O. The third-order valence-electron chi connectivity index (χ3n) is 4.95. The zero-order valence-corrected chi connectivity index (χ0v) is 14.6.